The summed E-state index contributed by atoms with van der Waals surface area (Å²) in [7, 11) is 1.60. The first kappa shape index (κ1) is 15.2. The van der Waals surface area contributed by atoms with Crippen molar-refractivity contribution in [3.63, 3.8) is 0 Å². The Morgan fingerprint density at radius 1 is 1.36 bits per heavy atom. The monoisotopic (exact) mass is 310 g/mol. The second-order valence-corrected chi connectivity index (χ2v) is 5.88. The van der Waals surface area contributed by atoms with Crippen LogP contribution in [0.3, 0.4) is 0 Å². The molecule has 3 heterocycles. The fourth-order valence-electron chi connectivity index (χ4n) is 3.05. The van der Waals surface area contributed by atoms with Gasteiger partial charge in [-0.1, -0.05) is 5.16 Å². The molecule has 22 heavy (non-hydrogen) atoms. The molecular weight excluding hydrogens is 288 g/mol. The van der Waals surface area contributed by atoms with Gasteiger partial charge in [0.25, 0.3) is 0 Å². The van der Waals surface area contributed by atoms with Gasteiger partial charge in [-0.25, -0.2) is 4.79 Å². The highest BCUT2D eigenvalue weighted by atomic mass is 16.6. The molecule has 0 saturated carbocycles. The van der Waals surface area contributed by atoms with Crippen molar-refractivity contribution < 1.29 is 18.8 Å². The van der Waals surface area contributed by atoms with Crippen molar-refractivity contribution in [2.45, 2.75) is 38.5 Å². The lowest BCUT2D eigenvalue weighted by atomic mass is 9.91. The van der Waals surface area contributed by atoms with Crippen LogP contribution >= 0.6 is 0 Å². The molecule has 122 valence electrons. The minimum Gasteiger partial charge on any atom is -0.441 e. The van der Waals surface area contributed by atoms with Gasteiger partial charge in [0.1, 0.15) is 12.2 Å². The molecule has 0 radical (unpaired) electrons. The number of piperidine rings is 1. The average Bonchev–Trinajstić information content (AvgIpc) is 3.07. The lowest BCUT2D eigenvalue weighted by Crippen LogP contribution is -2.46. The predicted octanol–water partition coefficient (Wildman–Crippen LogP) is 1.02. The minimum atomic E-state index is -0.306. The van der Waals surface area contributed by atoms with E-state index in [4.69, 9.17) is 14.0 Å². The fourth-order valence-corrected chi connectivity index (χ4v) is 3.05. The maximum Gasteiger partial charge on any atom is 0.410 e. The first-order valence-electron chi connectivity index (χ1n) is 7.65. The van der Waals surface area contributed by atoms with Crippen LogP contribution in [0.2, 0.25) is 0 Å². The van der Waals surface area contributed by atoms with Crippen LogP contribution in [0.1, 0.15) is 31.5 Å². The Hall–Kier alpha value is -1.67. The second-order valence-electron chi connectivity index (χ2n) is 5.88. The third kappa shape index (κ3) is 3.07. The highest BCUT2D eigenvalue weighted by Crippen LogP contribution is 2.33. The minimum absolute atomic E-state index is 0.183. The summed E-state index contributed by atoms with van der Waals surface area (Å²) in [5.74, 6) is 1.16. The molecule has 0 N–H and O–H groups in total. The Labute approximate surface area is 129 Å². The molecule has 8 nitrogen and oxygen atoms in total. The molecule has 0 unspecified atom stereocenters. The number of methoxy groups -OCH3 is 1. The first-order valence-corrected chi connectivity index (χ1v) is 7.65. The van der Waals surface area contributed by atoms with Crippen LogP contribution in [0.15, 0.2) is 4.52 Å². The van der Waals surface area contributed by atoms with E-state index in [0.29, 0.717) is 38.0 Å². The Morgan fingerprint density at radius 2 is 2.14 bits per heavy atom. The SMILES string of the molecule is CCN1CC2(CCN(Cc3nc(COC)no3)CC2)OC1=O. The summed E-state index contributed by atoms with van der Waals surface area (Å²) in [6.07, 6.45) is 1.50. The molecule has 0 aromatic carbocycles. The molecule has 0 bridgehead atoms. The maximum atomic E-state index is 11.8. The number of likely N-dealkylation sites (tertiary alicyclic amines) is 1. The zero-order valence-electron chi connectivity index (χ0n) is 13.1. The quantitative estimate of drug-likeness (QED) is 0.803. The predicted molar refractivity (Wildman–Crippen MR) is 76.0 cm³/mol. The molecule has 2 aliphatic rings. The summed E-state index contributed by atoms with van der Waals surface area (Å²) in [6, 6.07) is 0. The summed E-state index contributed by atoms with van der Waals surface area (Å²) >= 11 is 0. The van der Waals surface area contributed by atoms with E-state index in [1.54, 1.807) is 12.0 Å². The number of carbonyl (C=O) groups excluding carboxylic acids is 1. The molecule has 2 fully saturated rings. The second kappa shape index (κ2) is 6.21. The van der Waals surface area contributed by atoms with E-state index in [9.17, 15) is 4.79 Å². The Kier molecular flexibility index (Phi) is 4.30. The number of ether oxygens (including phenoxy) is 2. The van der Waals surface area contributed by atoms with Crippen LogP contribution in [0.25, 0.3) is 0 Å². The Bertz CT molecular complexity index is 525. The topological polar surface area (TPSA) is 80.9 Å². The van der Waals surface area contributed by atoms with Gasteiger partial charge in [-0.15, -0.1) is 0 Å². The number of rotatable bonds is 5. The van der Waals surface area contributed by atoms with Crippen molar-refractivity contribution in [2.24, 2.45) is 0 Å². The molecule has 1 spiro atoms. The molecule has 1 aromatic rings. The van der Waals surface area contributed by atoms with Crippen molar-refractivity contribution in [3.8, 4) is 0 Å². The molecule has 1 amide bonds. The van der Waals surface area contributed by atoms with Gasteiger partial charge >= 0.3 is 6.09 Å². The lowest BCUT2D eigenvalue weighted by molar-refractivity contribution is -0.00332. The van der Waals surface area contributed by atoms with Gasteiger partial charge in [0, 0.05) is 39.6 Å². The summed E-state index contributed by atoms with van der Waals surface area (Å²) in [5, 5.41) is 3.86. The number of nitrogens with zero attached hydrogens (tertiary/aromatic N) is 4. The van der Waals surface area contributed by atoms with Crippen molar-refractivity contribution in [3.05, 3.63) is 11.7 Å². The highest BCUT2D eigenvalue weighted by Gasteiger charge is 2.46. The zero-order valence-corrected chi connectivity index (χ0v) is 13.1. The normalized spacial score (nSPS) is 21.5. The van der Waals surface area contributed by atoms with E-state index in [-0.39, 0.29) is 11.7 Å². The van der Waals surface area contributed by atoms with Crippen molar-refractivity contribution >= 4 is 6.09 Å². The molecule has 2 aliphatic heterocycles. The van der Waals surface area contributed by atoms with Gasteiger partial charge in [-0.2, -0.15) is 4.98 Å². The average molecular weight is 310 g/mol. The van der Waals surface area contributed by atoms with Crippen LogP contribution in [-0.4, -0.2) is 64.9 Å². The van der Waals surface area contributed by atoms with E-state index in [1.165, 1.54) is 0 Å². The number of likely N-dealkylation sites (N-methyl/N-ethyl adjacent to an activating group) is 1. The van der Waals surface area contributed by atoms with E-state index in [0.717, 1.165) is 25.9 Å². The summed E-state index contributed by atoms with van der Waals surface area (Å²) in [6.45, 7) is 6.07. The fraction of sp³-hybridized carbons (Fsp3) is 0.786. The van der Waals surface area contributed by atoms with E-state index < -0.39 is 0 Å². The molecule has 8 heteroatoms. The largest absolute Gasteiger partial charge is 0.441 e. The molecule has 2 saturated heterocycles. The number of hydrogen-bond acceptors (Lipinski definition) is 7. The smallest absolute Gasteiger partial charge is 0.410 e. The molecular formula is C14H22N4O4. The van der Waals surface area contributed by atoms with Gasteiger partial charge in [0.15, 0.2) is 5.82 Å². The zero-order chi connectivity index (χ0) is 15.6. The standard InChI is InChI=1S/C14H22N4O4/c1-3-18-10-14(21-13(18)19)4-6-17(7-5-14)8-12-15-11(9-20-2)16-22-12/h3-10H2,1-2H3. The third-order valence-electron chi connectivity index (χ3n) is 4.33. The van der Waals surface area contributed by atoms with Crippen LogP contribution < -0.4 is 0 Å². The first-order chi connectivity index (χ1) is 10.6. The van der Waals surface area contributed by atoms with Gasteiger partial charge in [0.2, 0.25) is 5.89 Å². The molecule has 0 atom stereocenters. The van der Waals surface area contributed by atoms with Gasteiger partial charge in [-0.3, -0.25) is 4.90 Å². The van der Waals surface area contributed by atoms with E-state index in [2.05, 4.69) is 15.0 Å². The summed E-state index contributed by atoms with van der Waals surface area (Å²) in [4.78, 5) is 20.1. The lowest BCUT2D eigenvalue weighted by Gasteiger charge is -2.36. The van der Waals surface area contributed by atoms with Crippen LogP contribution in [0.5, 0.6) is 0 Å². The number of aromatic nitrogens is 2. The van der Waals surface area contributed by atoms with Gasteiger partial charge in [-0.05, 0) is 6.92 Å². The summed E-state index contributed by atoms with van der Waals surface area (Å²) < 4.78 is 15.8. The maximum absolute atomic E-state index is 11.8. The summed E-state index contributed by atoms with van der Waals surface area (Å²) in [5.41, 5.74) is -0.306. The van der Waals surface area contributed by atoms with E-state index >= 15 is 0 Å². The van der Waals surface area contributed by atoms with Crippen molar-refractivity contribution in [1.82, 2.24) is 19.9 Å². The van der Waals surface area contributed by atoms with Crippen LogP contribution in [0, 0.1) is 0 Å². The highest BCUT2D eigenvalue weighted by molar-refractivity contribution is 5.70. The van der Waals surface area contributed by atoms with Crippen molar-refractivity contribution in [1.29, 1.82) is 0 Å². The molecule has 3 rings (SSSR count). The van der Waals surface area contributed by atoms with Crippen molar-refractivity contribution in [2.75, 3.05) is 33.3 Å². The Morgan fingerprint density at radius 3 is 2.77 bits per heavy atom. The Balaban J connectivity index is 1.52. The number of hydrogen-bond donors (Lipinski definition) is 0. The van der Waals surface area contributed by atoms with Crippen LogP contribution in [0.4, 0.5) is 4.79 Å². The number of amides is 1. The molecule has 0 aliphatic carbocycles. The van der Waals surface area contributed by atoms with Gasteiger partial charge in [0.05, 0.1) is 13.1 Å². The van der Waals surface area contributed by atoms with E-state index in [1.807, 2.05) is 6.92 Å². The number of carbonyl (C=O) groups is 1. The third-order valence-corrected chi connectivity index (χ3v) is 4.33. The van der Waals surface area contributed by atoms with Gasteiger partial charge < -0.3 is 18.9 Å². The molecule has 1 aromatic heterocycles. The van der Waals surface area contributed by atoms with Crippen LogP contribution in [-0.2, 0) is 22.6 Å².